The molecule has 72 valence electrons. The number of guanidine groups is 1. The molecule has 0 atom stereocenters. The van der Waals surface area contributed by atoms with Crippen LogP contribution >= 0.6 is 7.51 Å². The van der Waals surface area contributed by atoms with Gasteiger partial charge in [0.15, 0.2) is 0 Å². The molecule has 0 aromatic heterocycles. The van der Waals surface area contributed by atoms with Crippen molar-refractivity contribution >= 4 is 13.5 Å². The molecule has 0 saturated heterocycles. The molecule has 5 N–H and O–H groups in total. The minimum Gasteiger partial charge on any atom is -0.349 e. The van der Waals surface area contributed by atoms with Crippen LogP contribution in [0.4, 0.5) is 0 Å². The summed E-state index contributed by atoms with van der Waals surface area (Å²) < 4.78 is 3.91. The lowest BCUT2D eigenvalue weighted by molar-refractivity contribution is 0.486. The summed E-state index contributed by atoms with van der Waals surface area (Å²) in [6.07, 6.45) is 0. The van der Waals surface area contributed by atoms with Crippen LogP contribution in [0.15, 0.2) is 4.76 Å². The van der Waals surface area contributed by atoms with Crippen molar-refractivity contribution in [3.8, 4) is 0 Å². The average Bonchev–Trinajstić information content (AvgIpc) is 1.79. The van der Waals surface area contributed by atoms with Gasteiger partial charge in [-0.25, -0.2) is 0 Å². The highest BCUT2D eigenvalue weighted by Gasteiger charge is 2.08. The van der Waals surface area contributed by atoms with Gasteiger partial charge < -0.3 is 9.80 Å². The first-order valence-corrected chi connectivity index (χ1v) is 5.28. The van der Waals surface area contributed by atoms with Crippen LogP contribution in [0.2, 0.25) is 0 Å². The molecule has 0 unspecified atom stereocenters. The number of hydrogen-bond donors (Lipinski definition) is 3. The van der Waals surface area contributed by atoms with Crippen molar-refractivity contribution in [1.29, 1.82) is 5.16 Å². The Kier molecular flexibility index (Phi) is 3.70. The number of rotatable bonds is 1. The van der Waals surface area contributed by atoms with E-state index in [1.54, 1.807) is 9.80 Å². The summed E-state index contributed by atoms with van der Waals surface area (Å²) in [6.45, 7) is 0. The van der Waals surface area contributed by atoms with Crippen LogP contribution in [0, 0.1) is 5.16 Å². The van der Waals surface area contributed by atoms with Crippen molar-refractivity contribution in [2.24, 2.45) is 15.8 Å². The molecular formula is C5H17N6P. The Morgan fingerprint density at radius 1 is 1.17 bits per heavy atom. The molecule has 7 heteroatoms. The summed E-state index contributed by atoms with van der Waals surface area (Å²) in [4.78, 5) is 3.53. The lowest BCUT2D eigenvalue weighted by Gasteiger charge is -2.23. The van der Waals surface area contributed by atoms with Crippen LogP contribution in [-0.2, 0) is 0 Å². The SMILES string of the molecule is CN(C)C(=NP(=N)(N)N)N(C)C. The number of nitrogens with two attached hydrogens (primary N) is 2. The van der Waals surface area contributed by atoms with E-state index in [4.69, 9.17) is 16.2 Å². The third kappa shape index (κ3) is 4.33. The highest BCUT2D eigenvalue weighted by atomic mass is 31.2. The van der Waals surface area contributed by atoms with E-state index >= 15 is 0 Å². The first-order valence-electron chi connectivity index (χ1n) is 3.40. The van der Waals surface area contributed by atoms with Crippen LogP contribution in [0.3, 0.4) is 0 Å². The van der Waals surface area contributed by atoms with E-state index in [0.717, 1.165) is 0 Å². The minimum atomic E-state index is -2.82. The van der Waals surface area contributed by atoms with Gasteiger partial charge in [0.05, 0.1) is 0 Å². The van der Waals surface area contributed by atoms with E-state index < -0.39 is 7.51 Å². The van der Waals surface area contributed by atoms with E-state index in [2.05, 4.69) is 4.76 Å². The lowest BCUT2D eigenvalue weighted by Crippen LogP contribution is -2.35. The van der Waals surface area contributed by atoms with E-state index in [1.807, 2.05) is 28.2 Å². The van der Waals surface area contributed by atoms with Crippen molar-refractivity contribution in [2.75, 3.05) is 28.2 Å². The molecule has 0 bridgehead atoms. The van der Waals surface area contributed by atoms with E-state index in [1.165, 1.54) is 0 Å². The van der Waals surface area contributed by atoms with Gasteiger partial charge in [-0.3, -0.25) is 16.2 Å². The standard InChI is InChI=1S/C5H17N6P/c1-10(2)5(11(3)4)9-12(6,7)8/h1-4H3,(H5,6,7,8). The van der Waals surface area contributed by atoms with Gasteiger partial charge in [0.1, 0.15) is 0 Å². The molecule has 0 radical (unpaired) electrons. The Morgan fingerprint density at radius 3 is 1.58 bits per heavy atom. The normalized spacial score (nSPS) is 10.8. The molecule has 0 aromatic rings. The molecule has 0 aromatic carbocycles. The summed E-state index contributed by atoms with van der Waals surface area (Å²) in [7, 11) is 4.49. The molecule has 0 heterocycles. The number of hydrogen-bond acceptors (Lipinski definition) is 1. The van der Waals surface area contributed by atoms with Gasteiger partial charge in [-0.15, -0.1) is 0 Å². The third-order valence-electron chi connectivity index (χ3n) is 1.05. The van der Waals surface area contributed by atoms with Crippen molar-refractivity contribution in [1.82, 2.24) is 9.80 Å². The second-order valence-electron chi connectivity index (χ2n) is 2.93. The van der Waals surface area contributed by atoms with Gasteiger partial charge in [0, 0.05) is 28.2 Å². The highest BCUT2D eigenvalue weighted by molar-refractivity contribution is 7.59. The molecular weight excluding hydrogens is 175 g/mol. The van der Waals surface area contributed by atoms with Gasteiger partial charge in [0.2, 0.25) is 13.5 Å². The molecule has 0 rings (SSSR count). The number of nitrogens with zero attached hydrogens (tertiary/aromatic N) is 3. The molecule has 0 aliphatic rings. The molecule has 6 nitrogen and oxygen atoms in total. The second kappa shape index (κ2) is 3.89. The van der Waals surface area contributed by atoms with Gasteiger partial charge >= 0.3 is 0 Å². The first-order chi connectivity index (χ1) is 5.24. The molecule has 0 saturated carbocycles. The van der Waals surface area contributed by atoms with Crippen LogP contribution in [0.5, 0.6) is 0 Å². The predicted octanol–water partition coefficient (Wildman–Crippen LogP) is -0.0920. The maximum absolute atomic E-state index is 7.27. The second-order valence-corrected chi connectivity index (χ2v) is 4.60. The maximum atomic E-state index is 7.27. The van der Waals surface area contributed by atoms with Crippen LogP contribution in [0.25, 0.3) is 0 Å². The van der Waals surface area contributed by atoms with E-state index in [9.17, 15) is 0 Å². The summed E-state index contributed by atoms with van der Waals surface area (Å²) in [6, 6.07) is 0. The van der Waals surface area contributed by atoms with Crippen molar-refractivity contribution in [3.05, 3.63) is 0 Å². The van der Waals surface area contributed by atoms with Gasteiger partial charge in [-0.1, -0.05) is 0 Å². The maximum Gasteiger partial charge on any atom is 0.202 e. The molecule has 12 heavy (non-hydrogen) atoms. The first kappa shape index (κ1) is 11.4. The van der Waals surface area contributed by atoms with E-state index in [0.29, 0.717) is 5.96 Å². The molecule has 0 spiro atoms. The van der Waals surface area contributed by atoms with Crippen molar-refractivity contribution in [2.45, 2.75) is 0 Å². The van der Waals surface area contributed by atoms with Gasteiger partial charge in [0.25, 0.3) is 0 Å². The van der Waals surface area contributed by atoms with Crippen molar-refractivity contribution in [3.63, 3.8) is 0 Å². The smallest absolute Gasteiger partial charge is 0.202 e. The predicted molar refractivity (Wildman–Crippen MR) is 52.8 cm³/mol. The molecule has 0 fully saturated rings. The van der Waals surface area contributed by atoms with Gasteiger partial charge in [-0.05, 0) is 0 Å². The summed E-state index contributed by atoms with van der Waals surface area (Å²) in [5.74, 6) is 0.614. The lowest BCUT2D eigenvalue weighted by atomic mass is 10.7. The third-order valence-corrected chi connectivity index (χ3v) is 1.56. The average molecular weight is 192 g/mol. The van der Waals surface area contributed by atoms with Crippen LogP contribution < -0.4 is 11.0 Å². The van der Waals surface area contributed by atoms with Gasteiger partial charge in [-0.2, -0.15) is 4.76 Å². The Morgan fingerprint density at radius 2 is 1.50 bits per heavy atom. The van der Waals surface area contributed by atoms with Crippen LogP contribution in [-0.4, -0.2) is 44.0 Å². The summed E-state index contributed by atoms with van der Waals surface area (Å²) in [5, 5.41) is 7.27. The van der Waals surface area contributed by atoms with Crippen LogP contribution in [0.1, 0.15) is 0 Å². The zero-order valence-electron chi connectivity index (χ0n) is 7.94. The fourth-order valence-corrected chi connectivity index (χ4v) is 1.38. The zero-order chi connectivity index (χ0) is 9.94. The van der Waals surface area contributed by atoms with Crippen molar-refractivity contribution < 1.29 is 0 Å². The number of nitrogens with one attached hydrogen (secondary N) is 1. The van der Waals surface area contributed by atoms with E-state index in [-0.39, 0.29) is 0 Å². The largest absolute Gasteiger partial charge is 0.349 e. The highest BCUT2D eigenvalue weighted by Crippen LogP contribution is 2.28. The summed E-state index contributed by atoms with van der Waals surface area (Å²) in [5.41, 5.74) is 10.7. The quantitative estimate of drug-likeness (QED) is 0.307. The Labute approximate surface area is 73.2 Å². The fraction of sp³-hybridized carbons (Fsp3) is 0.800. The molecule has 0 aliphatic carbocycles. The Bertz CT molecular complexity index is 204. The molecule has 0 amide bonds. The minimum absolute atomic E-state index is 0.614. The monoisotopic (exact) mass is 192 g/mol. The summed E-state index contributed by atoms with van der Waals surface area (Å²) >= 11 is 0. The topological polar surface area (TPSA) is 94.7 Å². The zero-order valence-corrected chi connectivity index (χ0v) is 8.84. The Balaban J connectivity index is 4.75. The Hall–Kier alpha value is -0.580. The molecule has 0 aliphatic heterocycles. The fourth-order valence-electron chi connectivity index (χ4n) is 0.727.